The van der Waals surface area contributed by atoms with Crippen molar-refractivity contribution in [2.45, 2.75) is 32.6 Å². The molecular formula is C13H18O3. The zero-order valence-corrected chi connectivity index (χ0v) is 9.82. The minimum Gasteiger partial charge on any atom is -0.508 e. The number of hydrogen-bond acceptors (Lipinski definition) is 3. The SMILES string of the molecule is CCCCCc1c(O)cc(C=O)cc1OC. The number of carbonyl (C=O) groups excluding carboxylic acids is 1. The zero-order valence-electron chi connectivity index (χ0n) is 9.82. The van der Waals surface area contributed by atoms with Crippen LogP contribution in [0.25, 0.3) is 0 Å². The van der Waals surface area contributed by atoms with E-state index in [4.69, 9.17) is 4.74 Å². The molecule has 3 nitrogen and oxygen atoms in total. The third-order valence-corrected chi connectivity index (χ3v) is 2.59. The van der Waals surface area contributed by atoms with Crippen LogP contribution < -0.4 is 4.74 Å². The van der Waals surface area contributed by atoms with Crippen molar-refractivity contribution in [2.24, 2.45) is 0 Å². The molecule has 0 bridgehead atoms. The third kappa shape index (κ3) is 2.99. The lowest BCUT2D eigenvalue weighted by molar-refractivity contribution is 0.112. The van der Waals surface area contributed by atoms with Crippen LogP contribution in [0, 0.1) is 0 Å². The molecule has 0 saturated heterocycles. The molecule has 0 fully saturated rings. The van der Waals surface area contributed by atoms with Crippen LogP contribution in [0.2, 0.25) is 0 Å². The number of methoxy groups -OCH3 is 1. The molecule has 0 aliphatic rings. The van der Waals surface area contributed by atoms with Gasteiger partial charge in [0.25, 0.3) is 0 Å². The highest BCUT2D eigenvalue weighted by atomic mass is 16.5. The van der Waals surface area contributed by atoms with Crippen LogP contribution in [-0.4, -0.2) is 18.5 Å². The van der Waals surface area contributed by atoms with Crippen LogP contribution in [0.3, 0.4) is 0 Å². The minimum atomic E-state index is 0.151. The Morgan fingerprint density at radius 1 is 1.38 bits per heavy atom. The molecule has 0 saturated carbocycles. The van der Waals surface area contributed by atoms with Crippen LogP contribution in [-0.2, 0) is 6.42 Å². The highest BCUT2D eigenvalue weighted by Crippen LogP contribution is 2.30. The van der Waals surface area contributed by atoms with Gasteiger partial charge in [0.05, 0.1) is 7.11 Å². The fourth-order valence-electron chi connectivity index (χ4n) is 1.70. The van der Waals surface area contributed by atoms with Gasteiger partial charge in [0, 0.05) is 11.1 Å². The van der Waals surface area contributed by atoms with Gasteiger partial charge in [-0.05, 0) is 25.0 Å². The number of ether oxygens (including phenoxy) is 1. The van der Waals surface area contributed by atoms with E-state index < -0.39 is 0 Å². The summed E-state index contributed by atoms with van der Waals surface area (Å²) in [6, 6.07) is 3.14. The molecule has 0 atom stereocenters. The van der Waals surface area contributed by atoms with Crippen LogP contribution in [0.15, 0.2) is 12.1 Å². The average Bonchev–Trinajstić information content (AvgIpc) is 2.30. The van der Waals surface area contributed by atoms with Gasteiger partial charge in [-0.15, -0.1) is 0 Å². The van der Waals surface area contributed by atoms with Crippen LogP contribution in [0.1, 0.15) is 42.1 Å². The van der Waals surface area contributed by atoms with Gasteiger partial charge in [-0.1, -0.05) is 19.8 Å². The first-order valence-electron chi connectivity index (χ1n) is 5.58. The maximum absolute atomic E-state index is 10.6. The fraction of sp³-hybridized carbons (Fsp3) is 0.462. The maximum Gasteiger partial charge on any atom is 0.150 e. The van der Waals surface area contributed by atoms with Crippen molar-refractivity contribution in [1.29, 1.82) is 0 Å². The summed E-state index contributed by atoms with van der Waals surface area (Å²) < 4.78 is 5.18. The van der Waals surface area contributed by atoms with Gasteiger partial charge in [0.1, 0.15) is 17.8 Å². The van der Waals surface area contributed by atoms with E-state index in [2.05, 4.69) is 6.92 Å². The molecule has 0 heterocycles. The maximum atomic E-state index is 10.6. The summed E-state index contributed by atoms with van der Waals surface area (Å²) in [6.45, 7) is 2.13. The lowest BCUT2D eigenvalue weighted by Crippen LogP contribution is -1.95. The summed E-state index contributed by atoms with van der Waals surface area (Å²) in [5.41, 5.74) is 1.23. The molecule has 0 aliphatic heterocycles. The van der Waals surface area contributed by atoms with E-state index in [0.717, 1.165) is 31.2 Å². The molecule has 16 heavy (non-hydrogen) atoms. The van der Waals surface area contributed by atoms with Crippen molar-refractivity contribution in [3.05, 3.63) is 23.3 Å². The van der Waals surface area contributed by atoms with E-state index in [1.54, 1.807) is 13.2 Å². The first-order valence-corrected chi connectivity index (χ1v) is 5.58. The Kier molecular flexibility index (Phi) is 4.83. The Balaban J connectivity index is 2.92. The van der Waals surface area contributed by atoms with E-state index in [9.17, 15) is 9.90 Å². The standard InChI is InChI=1S/C13H18O3/c1-3-4-5-6-11-12(15)7-10(9-14)8-13(11)16-2/h7-9,15H,3-6H2,1-2H3. The second-order valence-corrected chi connectivity index (χ2v) is 3.80. The van der Waals surface area contributed by atoms with E-state index in [0.29, 0.717) is 17.6 Å². The van der Waals surface area contributed by atoms with E-state index >= 15 is 0 Å². The number of aromatic hydroxyl groups is 1. The number of aldehydes is 1. The molecule has 0 amide bonds. The van der Waals surface area contributed by atoms with Crippen molar-refractivity contribution in [2.75, 3.05) is 7.11 Å². The van der Waals surface area contributed by atoms with Gasteiger partial charge < -0.3 is 9.84 Å². The number of carbonyl (C=O) groups is 1. The van der Waals surface area contributed by atoms with Gasteiger partial charge >= 0.3 is 0 Å². The highest BCUT2D eigenvalue weighted by Gasteiger charge is 2.10. The number of unbranched alkanes of at least 4 members (excludes halogenated alkanes) is 2. The van der Waals surface area contributed by atoms with Crippen molar-refractivity contribution in [3.63, 3.8) is 0 Å². The van der Waals surface area contributed by atoms with Crippen molar-refractivity contribution >= 4 is 6.29 Å². The predicted octanol–water partition coefficient (Wildman–Crippen LogP) is 2.95. The molecule has 0 radical (unpaired) electrons. The fourth-order valence-corrected chi connectivity index (χ4v) is 1.70. The van der Waals surface area contributed by atoms with Crippen LogP contribution in [0.4, 0.5) is 0 Å². The highest BCUT2D eigenvalue weighted by molar-refractivity contribution is 5.77. The Labute approximate surface area is 96.1 Å². The lowest BCUT2D eigenvalue weighted by atomic mass is 10.0. The van der Waals surface area contributed by atoms with Gasteiger partial charge in [0.2, 0.25) is 0 Å². The molecule has 88 valence electrons. The Morgan fingerprint density at radius 2 is 2.12 bits per heavy atom. The molecule has 0 aromatic heterocycles. The van der Waals surface area contributed by atoms with E-state index in [-0.39, 0.29) is 5.75 Å². The van der Waals surface area contributed by atoms with Crippen molar-refractivity contribution in [3.8, 4) is 11.5 Å². The molecule has 0 unspecified atom stereocenters. The number of hydrogen-bond donors (Lipinski definition) is 1. The molecule has 0 spiro atoms. The number of phenolic OH excluding ortho intramolecular Hbond substituents is 1. The monoisotopic (exact) mass is 222 g/mol. The van der Waals surface area contributed by atoms with Gasteiger partial charge in [-0.25, -0.2) is 0 Å². The van der Waals surface area contributed by atoms with Gasteiger partial charge in [0.15, 0.2) is 0 Å². The van der Waals surface area contributed by atoms with Gasteiger partial charge in [-0.3, -0.25) is 4.79 Å². The molecule has 1 aromatic carbocycles. The summed E-state index contributed by atoms with van der Waals surface area (Å²) in [6.07, 6.45) is 4.76. The topological polar surface area (TPSA) is 46.5 Å². The first-order chi connectivity index (χ1) is 7.72. The van der Waals surface area contributed by atoms with Crippen molar-refractivity contribution in [1.82, 2.24) is 0 Å². The lowest BCUT2D eigenvalue weighted by Gasteiger charge is -2.11. The van der Waals surface area contributed by atoms with Crippen molar-refractivity contribution < 1.29 is 14.6 Å². The smallest absolute Gasteiger partial charge is 0.150 e. The number of phenols is 1. The third-order valence-electron chi connectivity index (χ3n) is 2.59. The van der Waals surface area contributed by atoms with E-state index in [1.807, 2.05) is 0 Å². The Morgan fingerprint density at radius 3 is 2.69 bits per heavy atom. The Hall–Kier alpha value is -1.51. The summed E-state index contributed by atoms with van der Waals surface area (Å²) in [4.78, 5) is 10.6. The minimum absolute atomic E-state index is 0.151. The first kappa shape index (κ1) is 12.6. The second-order valence-electron chi connectivity index (χ2n) is 3.80. The van der Waals surface area contributed by atoms with E-state index in [1.165, 1.54) is 6.07 Å². The largest absolute Gasteiger partial charge is 0.508 e. The number of rotatable bonds is 6. The molecule has 3 heteroatoms. The molecule has 0 aliphatic carbocycles. The zero-order chi connectivity index (χ0) is 12.0. The summed E-state index contributed by atoms with van der Waals surface area (Å²) in [5.74, 6) is 0.746. The normalized spacial score (nSPS) is 10.1. The second kappa shape index (κ2) is 6.16. The Bertz CT molecular complexity index is 358. The van der Waals surface area contributed by atoms with Gasteiger partial charge in [-0.2, -0.15) is 0 Å². The molecule has 1 aromatic rings. The molecular weight excluding hydrogens is 204 g/mol. The van der Waals surface area contributed by atoms with Crippen LogP contribution >= 0.6 is 0 Å². The summed E-state index contributed by atoms with van der Waals surface area (Å²) in [7, 11) is 1.55. The molecule has 1 rings (SSSR count). The summed E-state index contributed by atoms with van der Waals surface area (Å²) >= 11 is 0. The molecule has 1 N–H and O–H groups in total. The number of benzene rings is 1. The predicted molar refractivity (Wildman–Crippen MR) is 63.3 cm³/mol. The average molecular weight is 222 g/mol. The summed E-state index contributed by atoms with van der Waals surface area (Å²) in [5, 5.41) is 9.79. The quantitative estimate of drug-likeness (QED) is 0.594. The van der Waals surface area contributed by atoms with Crippen LogP contribution in [0.5, 0.6) is 11.5 Å².